The van der Waals surface area contributed by atoms with Crippen molar-refractivity contribution in [1.82, 2.24) is 15.5 Å². The van der Waals surface area contributed by atoms with Crippen molar-refractivity contribution in [2.45, 2.75) is 12.5 Å². The molecule has 1 fully saturated rings. The molecule has 1 atom stereocenters. The molecular formula is C14H20ClN3O2. The van der Waals surface area contributed by atoms with Gasteiger partial charge in [0.15, 0.2) is 0 Å². The number of hydrogen-bond acceptors (Lipinski definition) is 3. The van der Waals surface area contributed by atoms with Crippen LogP contribution in [-0.2, 0) is 9.59 Å². The number of carbonyl (C=O) groups is 2. The van der Waals surface area contributed by atoms with Gasteiger partial charge in [-0.25, -0.2) is 0 Å². The fraction of sp³-hybridized carbons (Fsp3) is 0.429. The molecule has 0 radical (unpaired) electrons. The number of carbonyl (C=O) groups excluding carboxylic acids is 2. The SMILES string of the molecule is CNCC(=O)N1CCNC(=O)CC1c1ccccc1.Cl. The Morgan fingerprint density at radius 1 is 1.40 bits per heavy atom. The lowest BCUT2D eigenvalue weighted by molar-refractivity contribution is -0.132. The summed E-state index contributed by atoms with van der Waals surface area (Å²) in [4.78, 5) is 25.7. The number of benzene rings is 1. The second-order valence-electron chi connectivity index (χ2n) is 4.60. The van der Waals surface area contributed by atoms with E-state index in [0.717, 1.165) is 5.56 Å². The zero-order valence-corrected chi connectivity index (χ0v) is 12.3. The van der Waals surface area contributed by atoms with Crippen molar-refractivity contribution in [1.29, 1.82) is 0 Å². The van der Waals surface area contributed by atoms with Crippen LogP contribution in [0.1, 0.15) is 18.0 Å². The van der Waals surface area contributed by atoms with Crippen LogP contribution in [0, 0.1) is 0 Å². The van der Waals surface area contributed by atoms with E-state index < -0.39 is 0 Å². The van der Waals surface area contributed by atoms with Crippen LogP contribution in [0.15, 0.2) is 30.3 Å². The van der Waals surface area contributed by atoms with Gasteiger partial charge in [-0.2, -0.15) is 0 Å². The number of likely N-dealkylation sites (N-methyl/N-ethyl adjacent to an activating group) is 1. The van der Waals surface area contributed by atoms with Crippen molar-refractivity contribution >= 4 is 24.2 Å². The van der Waals surface area contributed by atoms with Crippen molar-refractivity contribution in [2.75, 3.05) is 26.7 Å². The summed E-state index contributed by atoms with van der Waals surface area (Å²) in [5, 5.41) is 5.69. The van der Waals surface area contributed by atoms with Crippen LogP contribution in [0.5, 0.6) is 0 Å². The number of rotatable bonds is 3. The number of nitrogens with zero attached hydrogens (tertiary/aromatic N) is 1. The Labute approximate surface area is 125 Å². The van der Waals surface area contributed by atoms with Crippen molar-refractivity contribution in [3.63, 3.8) is 0 Å². The standard InChI is InChI=1S/C14H19N3O2.ClH/c1-15-10-14(19)17-8-7-16-13(18)9-12(17)11-5-3-2-4-6-11;/h2-6,12,15H,7-10H2,1H3,(H,16,18);1H. The van der Waals surface area contributed by atoms with Gasteiger partial charge < -0.3 is 15.5 Å². The molecule has 6 heteroatoms. The predicted molar refractivity (Wildman–Crippen MR) is 79.7 cm³/mol. The number of hydrogen-bond donors (Lipinski definition) is 2. The Morgan fingerprint density at radius 3 is 2.75 bits per heavy atom. The smallest absolute Gasteiger partial charge is 0.237 e. The minimum absolute atomic E-state index is 0. The molecule has 1 saturated heterocycles. The summed E-state index contributed by atoms with van der Waals surface area (Å²) in [5.74, 6) is 0.0152. The molecule has 110 valence electrons. The van der Waals surface area contributed by atoms with Crippen LogP contribution in [0.3, 0.4) is 0 Å². The molecule has 20 heavy (non-hydrogen) atoms. The summed E-state index contributed by atoms with van der Waals surface area (Å²) in [7, 11) is 1.75. The average Bonchev–Trinajstić information content (AvgIpc) is 2.62. The molecule has 5 nitrogen and oxygen atoms in total. The first-order valence-corrected chi connectivity index (χ1v) is 6.48. The average molecular weight is 298 g/mol. The highest BCUT2D eigenvalue weighted by molar-refractivity contribution is 5.85. The number of halogens is 1. The lowest BCUT2D eigenvalue weighted by atomic mass is 10.0. The molecule has 2 N–H and O–H groups in total. The maximum Gasteiger partial charge on any atom is 0.237 e. The summed E-state index contributed by atoms with van der Waals surface area (Å²) >= 11 is 0. The molecule has 1 aliphatic heterocycles. The largest absolute Gasteiger partial charge is 0.354 e. The van der Waals surface area contributed by atoms with Crippen LogP contribution < -0.4 is 10.6 Å². The normalized spacial score (nSPS) is 18.8. The van der Waals surface area contributed by atoms with E-state index >= 15 is 0 Å². The van der Waals surface area contributed by atoms with E-state index in [9.17, 15) is 9.59 Å². The van der Waals surface area contributed by atoms with Gasteiger partial charge in [-0.05, 0) is 12.6 Å². The third-order valence-electron chi connectivity index (χ3n) is 3.26. The van der Waals surface area contributed by atoms with E-state index in [1.807, 2.05) is 30.3 Å². The van der Waals surface area contributed by atoms with Crippen molar-refractivity contribution < 1.29 is 9.59 Å². The highest BCUT2D eigenvalue weighted by Crippen LogP contribution is 2.25. The Balaban J connectivity index is 0.00000200. The third-order valence-corrected chi connectivity index (χ3v) is 3.26. The topological polar surface area (TPSA) is 61.4 Å². The van der Waals surface area contributed by atoms with Gasteiger partial charge in [0.2, 0.25) is 11.8 Å². The summed E-state index contributed by atoms with van der Waals surface area (Å²) < 4.78 is 0. The van der Waals surface area contributed by atoms with Crippen molar-refractivity contribution in [3.05, 3.63) is 35.9 Å². The minimum atomic E-state index is -0.176. The van der Waals surface area contributed by atoms with E-state index in [1.54, 1.807) is 11.9 Å². The first kappa shape index (κ1) is 16.5. The van der Waals surface area contributed by atoms with Gasteiger partial charge in [-0.15, -0.1) is 12.4 Å². The molecule has 0 aliphatic carbocycles. The Hall–Kier alpha value is -1.59. The van der Waals surface area contributed by atoms with Crippen molar-refractivity contribution in [2.24, 2.45) is 0 Å². The maximum atomic E-state index is 12.2. The molecule has 1 aliphatic rings. The predicted octanol–water partition coefficient (Wildman–Crippen LogP) is 0.717. The van der Waals surface area contributed by atoms with Gasteiger partial charge in [0, 0.05) is 13.1 Å². The van der Waals surface area contributed by atoms with Crippen LogP contribution in [0.2, 0.25) is 0 Å². The van der Waals surface area contributed by atoms with E-state index in [1.165, 1.54) is 0 Å². The Bertz CT molecular complexity index is 453. The van der Waals surface area contributed by atoms with Gasteiger partial charge in [-0.1, -0.05) is 30.3 Å². The summed E-state index contributed by atoms with van der Waals surface area (Å²) in [6, 6.07) is 9.54. The summed E-state index contributed by atoms with van der Waals surface area (Å²) in [5.41, 5.74) is 1.00. The zero-order chi connectivity index (χ0) is 13.7. The fourth-order valence-corrected chi connectivity index (χ4v) is 2.35. The third kappa shape index (κ3) is 3.95. The van der Waals surface area contributed by atoms with Gasteiger partial charge in [-0.3, -0.25) is 9.59 Å². The van der Waals surface area contributed by atoms with Crippen LogP contribution in [0.4, 0.5) is 0 Å². The minimum Gasteiger partial charge on any atom is -0.354 e. The monoisotopic (exact) mass is 297 g/mol. The van der Waals surface area contributed by atoms with Gasteiger partial charge in [0.25, 0.3) is 0 Å². The molecule has 0 aromatic heterocycles. The molecule has 0 spiro atoms. The summed E-state index contributed by atoms with van der Waals surface area (Å²) in [6.07, 6.45) is 0.319. The number of nitrogens with one attached hydrogen (secondary N) is 2. The van der Waals surface area contributed by atoms with E-state index in [2.05, 4.69) is 10.6 Å². The second-order valence-corrected chi connectivity index (χ2v) is 4.60. The van der Waals surface area contributed by atoms with Crippen LogP contribution in [0.25, 0.3) is 0 Å². The van der Waals surface area contributed by atoms with Gasteiger partial charge in [0.05, 0.1) is 19.0 Å². The lowest BCUT2D eigenvalue weighted by Crippen LogP contribution is -2.41. The fourth-order valence-electron chi connectivity index (χ4n) is 2.35. The van der Waals surface area contributed by atoms with Crippen LogP contribution in [-0.4, -0.2) is 43.4 Å². The maximum absolute atomic E-state index is 12.2. The molecule has 1 aromatic rings. The first-order valence-electron chi connectivity index (χ1n) is 6.48. The van der Waals surface area contributed by atoms with Crippen LogP contribution >= 0.6 is 12.4 Å². The van der Waals surface area contributed by atoms with E-state index in [-0.39, 0.29) is 36.8 Å². The highest BCUT2D eigenvalue weighted by atomic mass is 35.5. The molecule has 1 aromatic carbocycles. The quantitative estimate of drug-likeness (QED) is 0.864. The molecular weight excluding hydrogens is 278 g/mol. The second kappa shape index (κ2) is 7.87. The summed E-state index contributed by atoms with van der Waals surface area (Å²) in [6.45, 7) is 1.35. The molecule has 2 amide bonds. The Morgan fingerprint density at radius 2 is 2.10 bits per heavy atom. The first-order chi connectivity index (χ1) is 9.22. The van der Waals surface area contributed by atoms with Crippen molar-refractivity contribution in [3.8, 4) is 0 Å². The Kier molecular flexibility index (Phi) is 6.48. The molecule has 2 rings (SSSR count). The lowest BCUT2D eigenvalue weighted by Gasteiger charge is -2.29. The molecule has 0 bridgehead atoms. The van der Waals surface area contributed by atoms with E-state index in [4.69, 9.17) is 0 Å². The van der Waals surface area contributed by atoms with Gasteiger partial charge in [0.1, 0.15) is 0 Å². The number of amides is 2. The molecule has 0 saturated carbocycles. The zero-order valence-electron chi connectivity index (χ0n) is 11.5. The van der Waals surface area contributed by atoms with E-state index in [0.29, 0.717) is 19.5 Å². The van der Waals surface area contributed by atoms with Gasteiger partial charge >= 0.3 is 0 Å². The highest BCUT2D eigenvalue weighted by Gasteiger charge is 2.29. The molecule has 1 heterocycles. The molecule has 1 unspecified atom stereocenters.